The fourth-order valence-electron chi connectivity index (χ4n) is 0.965. The zero-order chi connectivity index (χ0) is 10.4. The molecule has 0 aromatic carbocycles. The molecule has 4 nitrogen and oxygen atoms in total. The molecule has 0 saturated heterocycles. The molecule has 0 spiro atoms. The lowest BCUT2D eigenvalue weighted by Gasteiger charge is -2.10. The second-order valence-electron chi connectivity index (χ2n) is 2.88. The van der Waals surface area contributed by atoms with Gasteiger partial charge in [0.2, 0.25) is 0 Å². The van der Waals surface area contributed by atoms with Crippen molar-refractivity contribution in [2.75, 3.05) is 13.1 Å². The van der Waals surface area contributed by atoms with Gasteiger partial charge in [-0.3, -0.25) is 4.68 Å². The Morgan fingerprint density at radius 2 is 2.29 bits per heavy atom. The average molecular weight is 205 g/mol. The number of aromatic nitrogens is 2. The fourth-order valence-corrected chi connectivity index (χ4v) is 0.965. The predicted molar refractivity (Wildman–Crippen MR) is 47.1 cm³/mol. The number of aliphatic hydroxyl groups is 1. The molecule has 0 saturated carbocycles. The van der Waals surface area contributed by atoms with E-state index in [9.17, 15) is 8.78 Å². The molecule has 0 amide bonds. The van der Waals surface area contributed by atoms with Crippen molar-refractivity contribution in [1.29, 1.82) is 0 Å². The highest BCUT2D eigenvalue weighted by atomic mass is 19.3. The largest absolute Gasteiger partial charge is 0.386 e. The van der Waals surface area contributed by atoms with Gasteiger partial charge < -0.3 is 10.4 Å². The third-order valence-electron chi connectivity index (χ3n) is 1.72. The number of aliphatic hydroxyl groups excluding tert-OH is 1. The molecule has 1 aromatic rings. The average Bonchev–Trinajstić information content (AvgIpc) is 2.64. The fraction of sp³-hybridized carbons (Fsp3) is 0.625. The number of halogens is 2. The van der Waals surface area contributed by atoms with Gasteiger partial charge in [-0.2, -0.15) is 5.10 Å². The molecule has 0 radical (unpaired) electrons. The molecule has 0 aliphatic rings. The van der Waals surface area contributed by atoms with Crippen molar-refractivity contribution in [3.05, 3.63) is 18.5 Å². The van der Waals surface area contributed by atoms with Crippen LogP contribution in [0, 0.1) is 0 Å². The Bertz CT molecular complexity index is 241. The van der Waals surface area contributed by atoms with Crippen LogP contribution >= 0.6 is 0 Å². The van der Waals surface area contributed by atoms with Crippen molar-refractivity contribution in [3.8, 4) is 0 Å². The van der Waals surface area contributed by atoms with Crippen molar-refractivity contribution >= 4 is 0 Å². The van der Waals surface area contributed by atoms with Crippen LogP contribution < -0.4 is 5.32 Å². The van der Waals surface area contributed by atoms with Gasteiger partial charge >= 0.3 is 0 Å². The smallest absolute Gasteiger partial charge is 0.265 e. The van der Waals surface area contributed by atoms with Gasteiger partial charge in [-0.1, -0.05) is 0 Å². The molecule has 1 heterocycles. The zero-order valence-corrected chi connectivity index (χ0v) is 7.61. The number of alkyl halides is 2. The van der Waals surface area contributed by atoms with Crippen LogP contribution in [0.3, 0.4) is 0 Å². The Labute approximate surface area is 80.5 Å². The molecule has 1 aromatic heterocycles. The van der Waals surface area contributed by atoms with E-state index in [2.05, 4.69) is 10.4 Å². The monoisotopic (exact) mass is 205 g/mol. The van der Waals surface area contributed by atoms with Crippen molar-refractivity contribution in [2.45, 2.75) is 19.1 Å². The van der Waals surface area contributed by atoms with Crippen LogP contribution in [-0.4, -0.2) is 40.5 Å². The summed E-state index contributed by atoms with van der Waals surface area (Å²) < 4.78 is 25.3. The summed E-state index contributed by atoms with van der Waals surface area (Å²) in [6, 6.07) is 1.79. The van der Waals surface area contributed by atoms with E-state index < -0.39 is 12.5 Å². The number of hydrogen-bond acceptors (Lipinski definition) is 3. The minimum Gasteiger partial charge on any atom is -0.386 e. The molecule has 6 heteroatoms. The first-order valence-corrected chi connectivity index (χ1v) is 4.34. The SMILES string of the molecule is OC(CNCCn1cccn1)C(F)F. The summed E-state index contributed by atoms with van der Waals surface area (Å²) >= 11 is 0. The summed E-state index contributed by atoms with van der Waals surface area (Å²) in [4.78, 5) is 0. The molecule has 80 valence electrons. The summed E-state index contributed by atoms with van der Waals surface area (Å²) in [7, 11) is 0. The summed E-state index contributed by atoms with van der Waals surface area (Å²) in [6.07, 6.45) is -0.848. The second kappa shape index (κ2) is 5.66. The molecule has 2 N–H and O–H groups in total. The first-order chi connectivity index (χ1) is 6.70. The maximum absolute atomic E-state index is 11.8. The Morgan fingerprint density at radius 1 is 1.50 bits per heavy atom. The summed E-state index contributed by atoms with van der Waals surface area (Å²) in [5.74, 6) is 0. The van der Waals surface area contributed by atoms with Gasteiger partial charge in [-0.25, -0.2) is 8.78 Å². The maximum atomic E-state index is 11.8. The van der Waals surface area contributed by atoms with E-state index in [4.69, 9.17) is 5.11 Å². The van der Waals surface area contributed by atoms with Gasteiger partial charge in [-0.05, 0) is 6.07 Å². The minimum atomic E-state index is -2.69. The van der Waals surface area contributed by atoms with Gasteiger partial charge in [0.1, 0.15) is 6.10 Å². The maximum Gasteiger partial charge on any atom is 0.265 e. The van der Waals surface area contributed by atoms with Crippen molar-refractivity contribution in [2.24, 2.45) is 0 Å². The van der Waals surface area contributed by atoms with Gasteiger partial charge in [0.15, 0.2) is 0 Å². The van der Waals surface area contributed by atoms with Crippen molar-refractivity contribution in [3.63, 3.8) is 0 Å². The van der Waals surface area contributed by atoms with E-state index >= 15 is 0 Å². The molecule has 0 aliphatic carbocycles. The lowest BCUT2D eigenvalue weighted by Crippen LogP contribution is -2.33. The molecule has 0 bridgehead atoms. The van der Waals surface area contributed by atoms with E-state index in [0.717, 1.165) is 0 Å². The predicted octanol–water partition coefficient (Wildman–Crippen LogP) is 0.0987. The summed E-state index contributed by atoms with van der Waals surface area (Å²) in [5, 5.41) is 15.4. The Kier molecular flexibility index (Phi) is 4.48. The quantitative estimate of drug-likeness (QED) is 0.647. The van der Waals surface area contributed by atoms with Crippen LogP contribution in [0.25, 0.3) is 0 Å². The molecule has 1 rings (SSSR count). The number of nitrogens with zero attached hydrogens (tertiary/aromatic N) is 2. The number of rotatable bonds is 6. The number of nitrogens with one attached hydrogen (secondary N) is 1. The lowest BCUT2D eigenvalue weighted by molar-refractivity contribution is -0.00324. The van der Waals surface area contributed by atoms with Gasteiger partial charge in [0.05, 0.1) is 6.54 Å². The minimum absolute atomic E-state index is 0.0983. The first-order valence-electron chi connectivity index (χ1n) is 4.34. The highest BCUT2D eigenvalue weighted by molar-refractivity contribution is 4.77. The molecule has 1 atom stereocenters. The van der Waals surface area contributed by atoms with Crippen LogP contribution in [0.1, 0.15) is 0 Å². The molecule has 0 fully saturated rings. The van der Waals surface area contributed by atoms with Gasteiger partial charge in [-0.15, -0.1) is 0 Å². The van der Waals surface area contributed by atoms with Crippen LogP contribution in [0.2, 0.25) is 0 Å². The Balaban J connectivity index is 2.05. The molecule has 0 aliphatic heterocycles. The summed E-state index contributed by atoms with van der Waals surface area (Å²) in [6.45, 7) is 1.01. The highest BCUT2D eigenvalue weighted by Gasteiger charge is 2.15. The van der Waals surface area contributed by atoms with Crippen LogP contribution in [0.5, 0.6) is 0 Å². The van der Waals surface area contributed by atoms with E-state index in [1.54, 1.807) is 23.1 Å². The van der Waals surface area contributed by atoms with Crippen molar-refractivity contribution < 1.29 is 13.9 Å². The lowest BCUT2D eigenvalue weighted by atomic mass is 10.3. The topological polar surface area (TPSA) is 50.1 Å². The molecule has 1 unspecified atom stereocenters. The van der Waals surface area contributed by atoms with Crippen LogP contribution in [0.15, 0.2) is 18.5 Å². The van der Waals surface area contributed by atoms with Gasteiger partial charge in [0.25, 0.3) is 6.43 Å². The van der Waals surface area contributed by atoms with Crippen molar-refractivity contribution in [1.82, 2.24) is 15.1 Å². The van der Waals surface area contributed by atoms with E-state index in [-0.39, 0.29) is 6.54 Å². The van der Waals surface area contributed by atoms with Crippen LogP contribution in [-0.2, 0) is 6.54 Å². The zero-order valence-electron chi connectivity index (χ0n) is 7.61. The molecular weight excluding hydrogens is 192 g/mol. The molecular formula is C8H13F2N3O. The number of hydrogen-bond donors (Lipinski definition) is 2. The molecule has 14 heavy (non-hydrogen) atoms. The Morgan fingerprint density at radius 3 is 2.86 bits per heavy atom. The second-order valence-corrected chi connectivity index (χ2v) is 2.88. The standard InChI is InChI=1S/C8H13F2N3O/c9-8(10)7(14)6-11-3-5-13-4-1-2-12-13/h1-2,4,7-8,11,14H,3,5-6H2. The normalized spacial score (nSPS) is 13.4. The van der Waals surface area contributed by atoms with Gasteiger partial charge in [0, 0.05) is 25.5 Å². The van der Waals surface area contributed by atoms with Crippen LogP contribution in [0.4, 0.5) is 8.78 Å². The van der Waals surface area contributed by atoms with E-state index in [1.165, 1.54) is 0 Å². The Hall–Kier alpha value is -1.01. The third-order valence-corrected chi connectivity index (χ3v) is 1.72. The third kappa shape index (κ3) is 3.80. The highest BCUT2D eigenvalue weighted by Crippen LogP contribution is 1.98. The first kappa shape index (κ1) is 11.1. The van der Waals surface area contributed by atoms with E-state index in [1.807, 2.05) is 0 Å². The van der Waals surface area contributed by atoms with E-state index in [0.29, 0.717) is 13.1 Å². The summed E-state index contributed by atoms with van der Waals surface area (Å²) in [5.41, 5.74) is 0.